The van der Waals surface area contributed by atoms with Crippen LogP contribution in [0.3, 0.4) is 0 Å². The zero-order valence-electron chi connectivity index (χ0n) is 6.64. The molecule has 56 valence electrons. The highest BCUT2D eigenvalue weighted by molar-refractivity contribution is 5.10. The summed E-state index contributed by atoms with van der Waals surface area (Å²) in [6.07, 6.45) is 6.14. The summed E-state index contributed by atoms with van der Waals surface area (Å²) in [5, 5.41) is 2.63. The highest BCUT2D eigenvalue weighted by Crippen LogP contribution is 2.57. The average Bonchev–Trinajstić information content (AvgIpc) is 2.21. The smallest absolute Gasteiger partial charge is 0.0978 e. The standard InChI is InChI=1S/C9H15N/c1-6-4-8-9(5-6)3-2-7(9)10-8/h6-8,10H,2-5H2,1H3/p+1. The van der Waals surface area contributed by atoms with Crippen molar-refractivity contribution in [3.8, 4) is 0 Å². The lowest BCUT2D eigenvalue weighted by molar-refractivity contribution is -0.829. The Morgan fingerprint density at radius 1 is 1.40 bits per heavy atom. The molecule has 3 fully saturated rings. The Balaban J connectivity index is 1.89. The van der Waals surface area contributed by atoms with E-state index in [1.54, 1.807) is 12.8 Å². The Morgan fingerprint density at radius 2 is 2.30 bits per heavy atom. The van der Waals surface area contributed by atoms with Crippen LogP contribution < -0.4 is 5.32 Å². The summed E-state index contributed by atoms with van der Waals surface area (Å²) in [6, 6.07) is 2.13. The highest BCUT2D eigenvalue weighted by Gasteiger charge is 2.68. The molecule has 3 rings (SSSR count). The molecule has 4 atom stereocenters. The molecule has 1 aliphatic heterocycles. The fourth-order valence-corrected chi connectivity index (χ4v) is 3.67. The van der Waals surface area contributed by atoms with Gasteiger partial charge >= 0.3 is 0 Å². The SMILES string of the molecule is CC1CC2[NH2+]C3CCC32C1. The van der Waals surface area contributed by atoms with Gasteiger partial charge in [0.15, 0.2) is 0 Å². The van der Waals surface area contributed by atoms with Gasteiger partial charge in [0.2, 0.25) is 0 Å². The maximum atomic E-state index is 2.63. The molecule has 2 saturated carbocycles. The van der Waals surface area contributed by atoms with Crippen LogP contribution in [0.2, 0.25) is 0 Å². The van der Waals surface area contributed by atoms with Crippen LogP contribution in [0.25, 0.3) is 0 Å². The summed E-state index contributed by atoms with van der Waals surface area (Å²) in [5.74, 6) is 1.03. The Bertz CT molecular complexity index is 178. The van der Waals surface area contributed by atoms with E-state index in [1.165, 1.54) is 12.8 Å². The van der Waals surface area contributed by atoms with Crippen molar-refractivity contribution in [3.05, 3.63) is 0 Å². The molecule has 1 heteroatoms. The number of hydrogen-bond donors (Lipinski definition) is 1. The molecule has 10 heavy (non-hydrogen) atoms. The van der Waals surface area contributed by atoms with E-state index in [2.05, 4.69) is 12.2 Å². The van der Waals surface area contributed by atoms with Crippen molar-refractivity contribution in [3.63, 3.8) is 0 Å². The van der Waals surface area contributed by atoms with Gasteiger partial charge in [-0.3, -0.25) is 0 Å². The van der Waals surface area contributed by atoms with E-state index in [-0.39, 0.29) is 0 Å². The minimum absolute atomic E-state index is 0.888. The molecule has 1 heterocycles. The van der Waals surface area contributed by atoms with Gasteiger partial charge in [0, 0.05) is 12.8 Å². The van der Waals surface area contributed by atoms with Crippen molar-refractivity contribution in [2.75, 3.05) is 0 Å². The number of nitrogens with two attached hydrogens (primary N) is 1. The van der Waals surface area contributed by atoms with Crippen molar-refractivity contribution in [2.24, 2.45) is 11.3 Å². The molecule has 2 aliphatic carbocycles. The lowest BCUT2D eigenvalue weighted by Crippen LogP contribution is -3.12. The van der Waals surface area contributed by atoms with E-state index in [0.29, 0.717) is 0 Å². The largest absolute Gasteiger partial charge is 0.340 e. The van der Waals surface area contributed by atoms with Gasteiger partial charge in [0.05, 0.1) is 17.5 Å². The van der Waals surface area contributed by atoms with Crippen LogP contribution >= 0.6 is 0 Å². The van der Waals surface area contributed by atoms with Gasteiger partial charge in [-0.05, 0) is 18.8 Å². The molecule has 3 aliphatic rings. The highest BCUT2D eigenvalue weighted by atomic mass is 15.1. The quantitative estimate of drug-likeness (QED) is 0.502. The zero-order chi connectivity index (χ0) is 6.77. The van der Waals surface area contributed by atoms with Gasteiger partial charge < -0.3 is 5.32 Å². The van der Waals surface area contributed by atoms with Crippen molar-refractivity contribution in [2.45, 2.75) is 44.7 Å². The molecular formula is C9H16N+. The maximum absolute atomic E-state index is 2.63. The molecule has 0 aromatic rings. The molecule has 0 radical (unpaired) electrons. The van der Waals surface area contributed by atoms with E-state index in [9.17, 15) is 0 Å². The first-order valence-corrected chi connectivity index (χ1v) is 4.66. The summed E-state index contributed by atoms with van der Waals surface area (Å²) >= 11 is 0. The normalized spacial score (nSPS) is 63.9. The Morgan fingerprint density at radius 3 is 2.70 bits per heavy atom. The molecule has 2 N–H and O–H groups in total. The van der Waals surface area contributed by atoms with E-state index in [4.69, 9.17) is 0 Å². The molecule has 0 amide bonds. The van der Waals surface area contributed by atoms with Gasteiger partial charge in [-0.15, -0.1) is 0 Å². The number of quaternary nitrogens is 1. The lowest BCUT2D eigenvalue weighted by atomic mass is 9.55. The van der Waals surface area contributed by atoms with Gasteiger partial charge in [-0.1, -0.05) is 6.92 Å². The minimum atomic E-state index is 0.888. The fourth-order valence-electron chi connectivity index (χ4n) is 3.67. The van der Waals surface area contributed by atoms with Crippen molar-refractivity contribution in [1.29, 1.82) is 0 Å². The Labute approximate surface area is 62.2 Å². The van der Waals surface area contributed by atoms with Crippen LogP contribution in [0.5, 0.6) is 0 Å². The second-order valence-corrected chi connectivity index (χ2v) is 4.72. The topological polar surface area (TPSA) is 16.6 Å². The summed E-state index contributed by atoms with van der Waals surface area (Å²) in [6.45, 7) is 2.43. The molecular weight excluding hydrogens is 122 g/mol. The molecule has 0 aromatic heterocycles. The molecule has 0 aromatic carbocycles. The fraction of sp³-hybridized carbons (Fsp3) is 1.00. The third kappa shape index (κ3) is 0.402. The third-order valence-electron chi connectivity index (χ3n) is 4.25. The molecule has 1 spiro atoms. The maximum Gasteiger partial charge on any atom is 0.0978 e. The second kappa shape index (κ2) is 1.42. The van der Waals surface area contributed by atoms with Crippen LogP contribution in [-0.2, 0) is 0 Å². The third-order valence-corrected chi connectivity index (χ3v) is 4.25. The summed E-state index contributed by atoms with van der Waals surface area (Å²) in [4.78, 5) is 0. The second-order valence-electron chi connectivity index (χ2n) is 4.72. The van der Waals surface area contributed by atoms with Crippen LogP contribution in [-0.4, -0.2) is 12.1 Å². The van der Waals surface area contributed by atoms with Gasteiger partial charge in [0.25, 0.3) is 0 Å². The molecule has 1 saturated heterocycles. The zero-order valence-corrected chi connectivity index (χ0v) is 6.64. The first kappa shape index (κ1) is 5.59. The van der Waals surface area contributed by atoms with Crippen LogP contribution in [0, 0.1) is 11.3 Å². The van der Waals surface area contributed by atoms with Crippen molar-refractivity contribution >= 4 is 0 Å². The minimum Gasteiger partial charge on any atom is -0.340 e. The average molecular weight is 138 g/mol. The van der Waals surface area contributed by atoms with E-state index in [0.717, 1.165) is 23.4 Å². The molecule has 1 nitrogen and oxygen atoms in total. The van der Waals surface area contributed by atoms with Crippen LogP contribution in [0.1, 0.15) is 32.6 Å². The van der Waals surface area contributed by atoms with Crippen molar-refractivity contribution < 1.29 is 5.32 Å². The Hall–Kier alpha value is -0.0400. The first-order chi connectivity index (χ1) is 4.81. The number of hydrogen-bond acceptors (Lipinski definition) is 0. The van der Waals surface area contributed by atoms with Crippen LogP contribution in [0.15, 0.2) is 0 Å². The number of piperidine rings is 1. The summed E-state index contributed by atoms with van der Waals surface area (Å²) < 4.78 is 0. The summed E-state index contributed by atoms with van der Waals surface area (Å²) in [5.41, 5.74) is 0.888. The molecule has 0 bridgehead atoms. The first-order valence-electron chi connectivity index (χ1n) is 4.66. The summed E-state index contributed by atoms with van der Waals surface area (Å²) in [7, 11) is 0. The van der Waals surface area contributed by atoms with Gasteiger partial charge in [0.1, 0.15) is 0 Å². The number of rotatable bonds is 0. The van der Waals surface area contributed by atoms with Crippen LogP contribution in [0.4, 0.5) is 0 Å². The van der Waals surface area contributed by atoms with E-state index >= 15 is 0 Å². The monoisotopic (exact) mass is 138 g/mol. The predicted octanol–water partition coefficient (Wildman–Crippen LogP) is 0.511. The predicted molar refractivity (Wildman–Crippen MR) is 39.6 cm³/mol. The van der Waals surface area contributed by atoms with Gasteiger partial charge in [-0.2, -0.15) is 0 Å². The molecule has 4 unspecified atom stereocenters. The Kier molecular flexibility index (Phi) is 0.797. The van der Waals surface area contributed by atoms with Gasteiger partial charge in [-0.25, -0.2) is 0 Å². The lowest BCUT2D eigenvalue weighted by Gasteiger charge is -2.57. The van der Waals surface area contributed by atoms with Crippen molar-refractivity contribution in [1.82, 2.24) is 0 Å². The van der Waals surface area contributed by atoms with E-state index in [1.807, 2.05) is 0 Å². The van der Waals surface area contributed by atoms with E-state index < -0.39 is 0 Å².